The number of aliphatic hydroxyl groups excluding tert-OH is 2. The fraction of sp³-hybridized carbons (Fsp3) is 0.280. The molecule has 0 bridgehead atoms. The van der Waals surface area contributed by atoms with Crippen LogP contribution in [-0.4, -0.2) is 40.8 Å². The van der Waals surface area contributed by atoms with Gasteiger partial charge in [-0.25, -0.2) is 0 Å². The average Bonchev–Trinajstić information content (AvgIpc) is 2.79. The first-order chi connectivity index (χ1) is 14.9. The Bertz CT molecular complexity index is 999. The van der Waals surface area contributed by atoms with Crippen molar-refractivity contribution in [1.82, 2.24) is 0 Å². The van der Waals surface area contributed by atoms with Crippen LogP contribution in [0.15, 0.2) is 71.5 Å². The van der Waals surface area contributed by atoms with Crippen LogP contribution in [0.2, 0.25) is 0 Å². The molecule has 0 radical (unpaired) electrons. The number of hydrogen-bond acceptors (Lipinski definition) is 5. The van der Waals surface area contributed by atoms with Crippen LogP contribution in [0.1, 0.15) is 24.8 Å². The third-order valence-corrected chi connectivity index (χ3v) is 5.61. The van der Waals surface area contributed by atoms with Crippen LogP contribution in [0, 0.1) is 5.92 Å². The summed E-state index contributed by atoms with van der Waals surface area (Å²) in [7, 11) is 1.63. The Hall–Kier alpha value is -3.38. The molecule has 2 aromatic rings. The van der Waals surface area contributed by atoms with Crippen LogP contribution in [0.5, 0.6) is 5.75 Å². The number of ketones is 1. The van der Waals surface area contributed by atoms with Crippen LogP contribution < -0.4 is 4.74 Å². The fourth-order valence-electron chi connectivity index (χ4n) is 3.89. The van der Waals surface area contributed by atoms with Crippen molar-refractivity contribution in [1.29, 1.82) is 0 Å². The van der Waals surface area contributed by atoms with Crippen molar-refractivity contribution in [3.8, 4) is 16.9 Å². The van der Waals surface area contributed by atoms with E-state index in [9.17, 15) is 19.8 Å². The van der Waals surface area contributed by atoms with Crippen LogP contribution in [0.25, 0.3) is 11.1 Å². The number of carbonyl (C=O) groups is 2. The van der Waals surface area contributed by atoms with Gasteiger partial charge in [0.25, 0.3) is 0 Å². The zero-order chi connectivity index (χ0) is 22.4. The van der Waals surface area contributed by atoms with Gasteiger partial charge in [-0.05, 0) is 65.3 Å². The number of hydrogen-bond donors (Lipinski definition) is 3. The Labute approximate surface area is 181 Å². The van der Waals surface area contributed by atoms with Gasteiger partial charge < -0.3 is 20.1 Å². The van der Waals surface area contributed by atoms with E-state index in [1.165, 1.54) is 6.08 Å². The summed E-state index contributed by atoms with van der Waals surface area (Å²) in [6.07, 6.45) is 2.32. The summed E-state index contributed by atoms with van der Waals surface area (Å²) in [6.45, 7) is -0.344. The maximum absolute atomic E-state index is 12.1. The van der Waals surface area contributed by atoms with E-state index in [1.807, 2.05) is 48.5 Å². The number of carboxylic acid groups (broad SMARTS) is 1. The summed E-state index contributed by atoms with van der Waals surface area (Å²) in [5.74, 6) is -1.48. The predicted molar refractivity (Wildman–Crippen MR) is 117 cm³/mol. The van der Waals surface area contributed by atoms with Crippen molar-refractivity contribution in [3.63, 3.8) is 0 Å². The third-order valence-electron chi connectivity index (χ3n) is 5.61. The molecule has 0 fully saturated rings. The lowest BCUT2D eigenvalue weighted by molar-refractivity contribution is -0.137. The van der Waals surface area contributed by atoms with Gasteiger partial charge in [0, 0.05) is 12.3 Å². The number of rotatable bonds is 9. The number of aryl methyl sites for hydroxylation is 1. The molecule has 0 heterocycles. The number of allylic oxidation sites excluding steroid dienone is 2. The molecule has 1 unspecified atom stereocenters. The van der Waals surface area contributed by atoms with Crippen molar-refractivity contribution in [2.75, 3.05) is 13.7 Å². The topological polar surface area (TPSA) is 104 Å². The zero-order valence-corrected chi connectivity index (χ0v) is 17.4. The molecule has 0 spiro atoms. The molecule has 162 valence electrons. The Morgan fingerprint density at radius 1 is 1.00 bits per heavy atom. The van der Waals surface area contributed by atoms with Gasteiger partial charge in [-0.3, -0.25) is 9.59 Å². The van der Waals surface area contributed by atoms with E-state index >= 15 is 0 Å². The quantitative estimate of drug-likeness (QED) is 0.562. The summed E-state index contributed by atoms with van der Waals surface area (Å²) in [4.78, 5) is 23.1. The molecule has 0 aliphatic heterocycles. The van der Waals surface area contributed by atoms with Crippen LogP contribution >= 0.6 is 0 Å². The van der Waals surface area contributed by atoms with E-state index < -0.39 is 17.7 Å². The lowest BCUT2D eigenvalue weighted by atomic mass is 9.79. The molecule has 6 heteroatoms. The molecule has 1 aliphatic carbocycles. The largest absolute Gasteiger partial charge is 0.504 e. The highest BCUT2D eigenvalue weighted by Crippen LogP contribution is 2.34. The van der Waals surface area contributed by atoms with E-state index in [-0.39, 0.29) is 25.2 Å². The Morgan fingerprint density at radius 3 is 2.16 bits per heavy atom. The van der Waals surface area contributed by atoms with Crippen LogP contribution in [-0.2, 0) is 16.0 Å². The maximum atomic E-state index is 12.1. The molecule has 31 heavy (non-hydrogen) atoms. The molecular formula is C25H26O6. The molecule has 0 amide bonds. The minimum Gasteiger partial charge on any atom is -0.504 e. The third kappa shape index (κ3) is 5.41. The van der Waals surface area contributed by atoms with Crippen molar-refractivity contribution in [2.24, 2.45) is 5.92 Å². The standard InChI is InChI=1S/C25H26O6/c1-31-20-9-7-18(8-10-20)17-5-2-16(3-6-17)4-11-22-21(12-13-24(28)29)19(15-26)14-23(27)25(22)30/h2-3,5-10,14,21,26,30H,4,11-13,15H2,1H3,(H,28,29). The lowest BCUT2D eigenvalue weighted by Gasteiger charge is -2.26. The minimum absolute atomic E-state index is 0.108. The molecule has 6 nitrogen and oxygen atoms in total. The second-order valence-corrected chi connectivity index (χ2v) is 7.53. The molecular weight excluding hydrogens is 396 g/mol. The first-order valence-corrected chi connectivity index (χ1v) is 10.2. The highest BCUT2D eigenvalue weighted by atomic mass is 16.5. The zero-order valence-electron chi connectivity index (χ0n) is 17.4. The number of benzene rings is 2. The van der Waals surface area contributed by atoms with Gasteiger partial charge >= 0.3 is 5.97 Å². The summed E-state index contributed by atoms with van der Waals surface area (Å²) in [5.41, 5.74) is 4.11. The van der Waals surface area contributed by atoms with Gasteiger partial charge in [-0.2, -0.15) is 0 Å². The molecule has 0 aromatic heterocycles. The summed E-state index contributed by atoms with van der Waals surface area (Å²) in [6, 6.07) is 15.8. The van der Waals surface area contributed by atoms with Crippen LogP contribution in [0.3, 0.4) is 0 Å². The van der Waals surface area contributed by atoms with Crippen molar-refractivity contribution < 1.29 is 29.6 Å². The van der Waals surface area contributed by atoms with Crippen LogP contribution in [0.4, 0.5) is 0 Å². The average molecular weight is 422 g/mol. The number of carbonyl (C=O) groups excluding carboxylic acids is 1. The van der Waals surface area contributed by atoms with Gasteiger partial charge in [0.2, 0.25) is 5.78 Å². The second kappa shape index (κ2) is 10.1. The smallest absolute Gasteiger partial charge is 0.303 e. The fourth-order valence-corrected chi connectivity index (χ4v) is 3.89. The number of aliphatic hydroxyl groups is 2. The number of methoxy groups -OCH3 is 1. The maximum Gasteiger partial charge on any atom is 0.303 e. The summed E-state index contributed by atoms with van der Waals surface area (Å²) >= 11 is 0. The van der Waals surface area contributed by atoms with Gasteiger partial charge in [0.15, 0.2) is 5.76 Å². The SMILES string of the molecule is COc1ccc(-c2ccc(CCC3=C(O)C(=O)C=C(CO)C3CCC(=O)O)cc2)cc1. The van der Waals surface area contributed by atoms with Crippen molar-refractivity contribution in [2.45, 2.75) is 25.7 Å². The number of aliphatic carboxylic acids is 1. The Kier molecular flexibility index (Phi) is 7.26. The number of carboxylic acids is 1. The van der Waals surface area contributed by atoms with E-state index in [2.05, 4.69) is 0 Å². The van der Waals surface area contributed by atoms with E-state index in [0.717, 1.165) is 22.4 Å². The first kappa shape index (κ1) is 22.3. The predicted octanol–water partition coefficient (Wildman–Crippen LogP) is 4.09. The van der Waals surface area contributed by atoms with E-state index in [4.69, 9.17) is 9.84 Å². The van der Waals surface area contributed by atoms with Gasteiger partial charge in [0.1, 0.15) is 5.75 Å². The molecule has 2 aromatic carbocycles. The highest BCUT2D eigenvalue weighted by Gasteiger charge is 2.29. The monoisotopic (exact) mass is 422 g/mol. The number of ether oxygens (including phenoxy) is 1. The summed E-state index contributed by atoms with van der Waals surface area (Å²) < 4.78 is 5.18. The highest BCUT2D eigenvalue weighted by molar-refractivity contribution is 6.04. The lowest BCUT2D eigenvalue weighted by Crippen LogP contribution is -2.22. The van der Waals surface area contributed by atoms with Crippen molar-refractivity contribution in [3.05, 3.63) is 77.1 Å². The Morgan fingerprint density at radius 2 is 1.61 bits per heavy atom. The van der Waals surface area contributed by atoms with Gasteiger partial charge in [-0.1, -0.05) is 36.4 Å². The van der Waals surface area contributed by atoms with E-state index in [0.29, 0.717) is 24.0 Å². The normalized spacial score (nSPS) is 16.3. The van der Waals surface area contributed by atoms with Gasteiger partial charge in [-0.15, -0.1) is 0 Å². The minimum atomic E-state index is -0.956. The second-order valence-electron chi connectivity index (χ2n) is 7.53. The van der Waals surface area contributed by atoms with Gasteiger partial charge in [0.05, 0.1) is 13.7 Å². The molecule has 0 saturated heterocycles. The Balaban J connectivity index is 1.73. The molecule has 3 N–H and O–H groups in total. The molecule has 3 rings (SSSR count). The molecule has 0 saturated carbocycles. The van der Waals surface area contributed by atoms with Crippen molar-refractivity contribution >= 4 is 11.8 Å². The molecule has 1 aliphatic rings. The first-order valence-electron chi connectivity index (χ1n) is 10.2. The summed E-state index contributed by atoms with van der Waals surface area (Å²) in [5, 5.41) is 29.0. The molecule has 1 atom stereocenters. The van der Waals surface area contributed by atoms with E-state index in [1.54, 1.807) is 7.11 Å².